The van der Waals surface area contributed by atoms with E-state index in [-0.39, 0.29) is 18.1 Å². The van der Waals surface area contributed by atoms with Gasteiger partial charge in [-0.25, -0.2) is 4.98 Å². The van der Waals surface area contributed by atoms with Crippen molar-refractivity contribution in [3.8, 4) is 0 Å². The molecule has 1 aliphatic rings. The summed E-state index contributed by atoms with van der Waals surface area (Å²) in [6.07, 6.45) is 2.01. The van der Waals surface area contributed by atoms with Crippen molar-refractivity contribution in [2.24, 2.45) is 0 Å². The number of nitrogens with one attached hydrogen (secondary N) is 2. The van der Waals surface area contributed by atoms with Crippen LogP contribution < -0.4 is 10.6 Å². The molecule has 1 aromatic carbocycles. The number of aromatic nitrogens is 1. The van der Waals surface area contributed by atoms with E-state index in [2.05, 4.69) is 15.6 Å². The average molecular weight is 323 g/mol. The van der Waals surface area contributed by atoms with Crippen LogP contribution in [0.1, 0.15) is 6.92 Å². The number of thioether (sulfide) groups is 1. The lowest BCUT2D eigenvalue weighted by Crippen LogP contribution is -2.59. The molecule has 2 N–H and O–H groups in total. The second-order valence-electron chi connectivity index (χ2n) is 5.26. The van der Waals surface area contributed by atoms with Crippen molar-refractivity contribution in [2.75, 3.05) is 31.3 Å². The van der Waals surface area contributed by atoms with Crippen LogP contribution in [0.2, 0.25) is 0 Å². The molecule has 0 bridgehead atoms. The van der Waals surface area contributed by atoms with Crippen LogP contribution in [0.5, 0.6) is 0 Å². The Morgan fingerprint density at radius 1 is 1.57 bits per heavy atom. The van der Waals surface area contributed by atoms with E-state index in [4.69, 9.17) is 4.74 Å². The molecule has 2 aromatic rings. The highest BCUT2D eigenvalue weighted by Gasteiger charge is 2.32. The third-order valence-electron chi connectivity index (χ3n) is 3.38. The summed E-state index contributed by atoms with van der Waals surface area (Å²) in [4.78, 5) is 16.4. The smallest absolute Gasteiger partial charge is 0.250 e. The maximum absolute atomic E-state index is 11.9. The minimum absolute atomic E-state index is 0.0783. The third-order valence-corrected chi connectivity index (χ3v) is 5.38. The van der Waals surface area contributed by atoms with Crippen molar-refractivity contribution in [3.63, 3.8) is 0 Å². The quantitative estimate of drug-likeness (QED) is 0.827. The van der Waals surface area contributed by atoms with Gasteiger partial charge in [-0.1, -0.05) is 11.8 Å². The minimum atomic E-state index is -0.202. The van der Waals surface area contributed by atoms with E-state index in [1.807, 2.05) is 31.4 Å². The first-order chi connectivity index (χ1) is 10.1. The Bertz CT molecular complexity index is 667. The normalized spacial score (nSPS) is 16.7. The van der Waals surface area contributed by atoms with Crippen molar-refractivity contribution in [1.82, 2.24) is 10.3 Å². The Hall–Kier alpha value is -1.15. The number of hydrogen-bond acceptors (Lipinski definition) is 6. The monoisotopic (exact) mass is 323 g/mol. The van der Waals surface area contributed by atoms with Crippen LogP contribution in [-0.2, 0) is 9.53 Å². The molecule has 1 aromatic heterocycles. The van der Waals surface area contributed by atoms with Crippen LogP contribution >= 0.6 is 23.1 Å². The maximum Gasteiger partial charge on any atom is 0.250 e. The van der Waals surface area contributed by atoms with Gasteiger partial charge in [0.05, 0.1) is 15.8 Å². The first-order valence-corrected chi connectivity index (χ1v) is 8.71. The fraction of sp³-hybridized carbons (Fsp3) is 0.429. The van der Waals surface area contributed by atoms with Crippen LogP contribution in [-0.4, -0.2) is 42.4 Å². The number of anilines is 1. The van der Waals surface area contributed by atoms with Gasteiger partial charge in [-0.15, -0.1) is 11.3 Å². The maximum atomic E-state index is 11.9. The highest BCUT2D eigenvalue weighted by atomic mass is 32.2. The number of carbonyl (C=O) groups excluding carboxylic acids is 1. The van der Waals surface area contributed by atoms with Crippen molar-refractivity contribution >= 4 is 44.9 Å². The van der Waals surface area contributed by atoms with Gasteiger partial charge in [-0.3, -0.25) is 4.79 Å². The Balaban J connectivity index is 1.62. The second-order valence-corrected chi connectivity index (χ2v) is 7.34. The highest BCUT2D eigenvalue weighted by Crippen LogP contribution is 2.29. The molecular formula is C14H17N3O2S2. The second kappa shape index (κ2) is 5.92. The Labute approximate surface area is 131 Å². The summed E-state index contributed by atoms with van der Waals surface area (Å²) in [5, 5.41) is 6.01. The zero-order valence-corrected chi connectivity index (χ0v) is 13.6. The molecule has 112 valence electrons. The van der Waals surface area contributed by atoms with E-state index < -0.39 is 0 Å². The number of amides is 1. The zero-order chi connectivity index (χ0) is 14.9. The molecule has 2 heterocycles. The molecule has 0 radical (unpaired) electrons. The summed E-state index contributed by atoms with van der Waals surface area (Å²) in [5.41, 5.74) is 1.54. The largest absolute Gasteiger partial charge is 0.363 e. The number of ether oxygens (including phenoxy) is 1. The number of fused-ring (bicyclic) bond motifs is 1. The van der Waals surface area contributed by atoms with Crippen LogP contribution in [0.3, 0.4) is 0 Å². The van der Waals surface area contributed by atoms with E-state index >= 15 is 0 Å². The van der Waals surface area contributed by atoms with Gasteiger partial charge in [0.2, 0.25) is 5.91 Å². The van der Waals surface area contributed by atoms with Gasteiger partial charge >= 0.3 is 0 Å². The topological polar surface area (TPSA) is 63.2 Å². The van der Waals surface area contributed by atoms with Gasteiger partial charge in [0.25, 0.3) is 0 Å². The van der Waals surface area contributed by atoms with E-state index in [0.717, 1.165) is 33.3 Å². The molecule has 0 spiro atoms. The fourth-order valence-electron chi connectivity index (χ4n) is 2.08. The van der Waals surface area contributed by atoms with Gasteiger partial charge in [0.15, 0.2) is 4.34 Å². The number of carbonyl (C=O) groups is 1. The van der Waals surface area contributed by atoms with Crippen LogP contribution in [0.15, 0.2) is 22.5 Å². The molecule has 1 amide bonds. The number of hydrogen-bond donors (Lipinski definition) is 2. The summed E-state index contributed by atoms with van der Waals surface area (Å²) in [6, 6.07) is 5.76. The molecule has 3 rings (SSSR count). The molecular weight excluding hydrogens is 306 g/mol. The van der Waals surface area contributed by atoms with Crippen LogP contribution in [0.4, 0.5) is 5.69 Å². The molecule has 21 heavy (non-hydrogen) atoms. The average Bonchev–Trinajstić information content (AvgIpc) is 2.85. The van der Waals surface area contributed by atoms with Crippen molar-refractivity contribution in [2.45, 2.75) is 16.9 Å². The number of benzene rings is 1. The Kier molecular flexibility index (Phi) is 4.17. The number of thiazole rings is 1. The van der Waals surface area contributed by atoms with E-state index in [0.29, 0.717) is 0 Å². The summed E-state index contributed by atoms with van der Waals surface area (Å²) in [7, 11) is 0. The van der Waals surface area contributed by atoms with Gasteiger partial charge in [0, 0.05) is 18.8 Å². The molecule has 1 saturated heterocycles. The van der Waals surface area contributed by atoms with Gasteiger partial charge in [-0.05, 0) is 31.4 Å². The molecule has 1 fully saturated rings. The third kappa shape index (κ3) is 3.37. The molecule has 0 atom stereocenters. The lowest BCUT2D eigenvalue weighted by Gasteiger charge is -2.38. The lowest BCUT2D eigenvalue weighted by molar-refractivity contribution is -0.130. The highest BCUT2D eigenvalue weighted by molar-refractivity contribution is 8.00. The molecule has 0 aliphatic carbocycles. The van der Waals surface area contributed by atoms with Crippen molar-refractivity contribution in [1.29, 1.82) is 0 Å². The SMILES string of the molecule is CSc1nc2ccc(NC(=O)COC3(C)CNC3)cc2s1. The van der Waals surface area contributed by atoms with Gasteiger partial charge in [0.1, 0.15) is 6.61 Å². The summed E-state index contributed by atoms with van der Waals surface area (Å²) >= 11 is 3.26. The van der Waals surface area contributed by atoms with Gasteiger partial charge < -0.3 is 15.4 Å². The molecule has 5 nitrogen and oxygen atoms in total. The molecule has 1 aliphatic heterocycles. The minimum Gasteiger partial charge on any atom is -0.363 e. The van der Waals surface area contributed by atoms with E-state index in [1.165, 1.54) is 0 Å². The van der Waals surface area contributed by atoms with Crippen LogP contribution in [0.25, 0.3) is 10.2 Å². The van der Waals surface area contributed by atoms with Crippen molar-refractivity contribution < 1.29 is 9.53 Å². The van der Waals surface area contributed by atoms with Crippen molar-refractivity contribution in [3.05, 3.63) is 18.2 Å². The Morgan fingerprint density at radius 3 is 3.05 bits per heavy atom. The zero-order valence-electron chi connectivity index (χ0n) is 11.9. The summed E-state index contributed by atoms with van der Waals surface area (Å²) in [6.45, 7) is 3.67. The summed E-state index contributed by atoms with van der Waals surface area (Å²) < 4.78 is 7.73. The molecule has 0 unspecified atom stereocenters. The molecule has 0 saturated carbocycles. The number of rotatable bonds is 5. The number of nitrogens with zero attached hydrogens (tertiary/aromatic N) is 1. The van der Waals surface area contributed by atoms with Gasteiger partial charge in [-0.2, -0.15) is 0 Å². The standard InChI is InChI=1S/C14H17N3O2S2/c1-14(7-15-8-14)19-6-12(18)16-9-3-4-10-11(5-9)21-13(17-10)20-2/h3-5,15H,6-8H2,1-2H3,(H,16,18). The fourth-order valence-corrected chi connectivity index (χ4v) is 3.61. The van der Waals surface area contributed by atoms with E-state index in [1.54, 1.807) is 23.1 Å². The predicted octanol–water partition coefficient (Wildman–Crippen LogP) is 2.34. The Morgan fingerprint density at radius 2 is 2.38 bits per heavy atom. The first kappa shape index (κ1) is 14.8. The molecule has 7 heteroatoms. The first-order valence-electron chi connectivity index (χ1n) is 6.67. The summed E-state index contributed by atoms with van der Waals surface area (Å²) in [5.74, 6) is -0.128. The lowest BCUT2D eigenvalue weighted by atomic mass is 10.0. The van der Waals surface area contributed by atoms with E-state index in [9.17, 15) is 4.79 Å². The predicted molar refractivity (Wildman–Crippen MR) is 87.3 cm³/mol. The van der Waals surface area contributed by atoms with Crippen LogP contribution in [0, 0.1) is 0 Å².